The maximum atomic E-state index is 10.6. The third kappa shape index (κ3) is 6.02. The molecule has 0 saturated heterocycles. The number of aromatic carboxylic acids is 2. The molecule has 0 amide bonds. The Morgan fingerprint density at radius 3 is 1.20 bits per heavy atom. The van der Waals surface area contributed by atoms with Gasteiger partial charge in [-0.2, -0.15) is 0 Å². The number of hydrogen-bond acceptors (Lipinski definition) is 4. The zero-order valence-corrected chi connectivity index (χ0v) is 16.9. The van der Waals surface area contributed by atoms with Crippen molar-refractivity contribution in [1.82, 2.24) is 0 Å². The van der Waals surface area contributed by atoms with E-state index in [4.69, 9.17) is 10.2 Å². The summed E-state index contributed by atoms with van der Waals surface area (Å²) in [5.74, 6) is -2.49. The molecule has 2 rings (SSSR count). The first-order valence-electron chi connectivity index (χ1n) is 7.11. The Morgan fingerprint density at radius 2 is 0.960 bits per heavy atom. The summed E-state index contributed by atoms with van der Waals surface area (Å²) in [6.45, 7) is 6.93. The largest absolute Gasteiger partial charge is 0.507 e. The van der Waals surface area contributed by atoms with Crippen molar-refractivity contribution in [2.24, 2.45) is 0 Å². The summed E-state index contributed by atoms with van der Waals surface area (Å²) in [6, 6.07) is 6.37. The van der Waals surface area contributed by atoms with Crippen LogP contribution in [0.1, 0.15) is 43.0 Å². The Morgan fingerprint density at radius 1 is 0.680 bits per heavy atom. The van der Waals surface area contributed by atoms with Crippen LogP contribution in [0.15, 0.2) is 24.3 Å². The number of aryl methyl sites for hydroxylation is 4. The molecule has 0 fully saturated rings. The van der Waals surface area contributed by atoms with Crippen LogP contribution >= 0.6 is 0 Å². The van der Waals surface area contributed by atoms with E-state index in [0.717, 1.165) is 11.1 Å². The van der Waals surface area contributed by atoms with E-state index in [-0.39, 0.29) is 48.8 Å². The van der Waals surface area contributed by atoms with Gasteiger partial charge in [-0.25, -0.2) is 9.59 Å². The van der Waals surface area contributed by atoms with Crippen molar-refractivity contribution < 1.29 is 56.2 Å². The average Bonchev–Trinajstić information content (AvgIpc) is 2.46. The molecule has 0 aliphatic rings. The van der Waals surface area contributed by atoms with Crippen LogP contribution in [0.25, 0.3) is 0 Å². The van der Waals surface area contributed by atoms with Crippen LogP contribution in [-0.4, -0.2) is 32.4 Å². The van der Waals surface area contributed by atoms with Gasteiger partial charge in [-0.3, -0.25) is 0 Å². The molecule has 4 N–H and O–H groups in total. The summed E-state index contributed by atoms with van der Waals surface area (Å²) >= 11 is 0. The Bertz CT molecular complexity index is 731. The first-order chi connectivity index (χ1) is 11.0. The van der Waals surface area contributed by atoms with Gasteiger partial charge in [-0.15, -0.1) is 0 Å². The second-order valence-electron chi connectivity index (χ2n) is 5.57. The van der Waals surface area contributed by atoms with Crippen molar-refractivity contribution in [3.63, 3.8) is 0 Å². The molecule has 0 aliphatic carbocycles. The van der Waals surface area contributed by atoms with Gasteiger partial charge in [0.05, 0.1) is 0 Å². The first-order valence-corrected chi connectivity index (χ1v) is 7.11. The summed E-state index contributed by atoms with van der Waals surface area (Å²) in [6.07, 6.45) is 0. The second-order valence-corrected chi connectivity index (χ2v) is 5.57. The second kappa shape index (κ2) is 9.37. The van der Waals surface area contributed by atoms with Crippen molar-refractivity contribution in [3.05, 3.63) is 57.6 Å². The molecule has 7 heteroatoms. The number of hydrogen-bond donors (Lipinski definition) is 4. The predicted octanol–water partition coefficient (Wildman–Crippen LogP) is 3.41. The van der Waals surface area contributed by atoms with E-state index in [2.05, 4.69) is 0 Å². The molecule has 0 saturated carbocycles. The fourth-order valence-corrected chi connectivity index (χ4v) is 2.25. The minimum absolute atomic E-state index is 0. The Labute approximate surface area is 164 Å². The van der Waals surface area contributed by atoms with Gasteiger partial charge in [-0.05, 0) is 62.1 Å². The molecule has 0 aliphatic heterocycles. The molecule has 2 aromatic rings. The predicted molar refractivity (Wildman–Crippen MR) is 89.1 cm³/mol. The van der Waals surface area contributed by atoms with E-state index in [1.807, 2.05) is 0 Å². The van der Waals surface area contributed by atoms with E-state index in [1.54, 1.807) is 39.8 Å². The number of phenols is 2. The Kier molecular flexibility index (Phi) is 8.57. The minimum Gasteiger partial charge on any atom is -0.507 e. The molecule has 0 heterocycles. The molecule has 0 aromatic heterocycles. The van der Waals surface area contributed by atoms with E-state index < -0.39 is 11.9 Å². The van der Waals surface area contributed by atoms with Crippen molar-refractivity contribution in [3.8, 4) is 11.5 Å². The van der Waals surface area contributed by atoms with Gasteiger partial charge in [0.25, 0.3) is 0 Å². The number of carboxylic acid groups (broad SMARTS) is 2. The molecule has 0 radical (unpaired) electrons. The summed E-state index contributed by atoms with van der Waals surface area (Å²) in [5.41, 5.74) is 2.78. The van der Waals surface area contributed by atoms with E-state index in [1.165, 1.54) is 12.1 Å². The standard InChI is InChI=1S/2C9H10O3.Zr/c2*1-5-3-6(2)8(10)7(4-5)9(11)12;/h2*3-4,10H,1-2H3,(H,11,12);. The third-order valence-corrected chi connectivity index (χ3v) is 3.35. The smallest absolute Gasteiger partial charge is 0.339 e. The van der Waals surface area contributed by atoms with Crippen LogP contribution < -0.4 is 0 Å². The molecule has 0 bridgehead atoms. The average molecular weight is 424 g/mol. The Balaban J connectivity index is 0.000000443. The monoisotopic (exact) mass is 422 g/mol. The van der Waals surface area contributed by atoms with Crippen LogP contribution in [0.4, 0.5) is 0 Å². The van der Waals surface area contributed by atoms with E-state index in [0.29, 0.717) is 11.1 Å². The van der Waals surface area contributed by atoms with Crippen LogP contribution in [0.2, 0.25) is 0 Å². The summed E-state index contributed by atoms with van der Waals surface area (Å²) < 4.78 is 0. The van der Waals surface area contributed by atoms with Crippen molar-refractivity contribution in [2.75, 3.05) is 0 Å². The van der Waals surface area contributed by atoms with Gasteiger partial charge in [0.15, 0.2) is 0 Å². The quantitative estimate of drug-likeness (QED) is 0.588. The molecule has 25 heavy (non-hydrogen) atoms. The molecule has 0 unspecified atom stereocenters. The molecule has 0 spiro atoms. The topological polar surface area (TPSA) is 115 Å². The minimum atomic E-state index is -1.10. The van der Waals surface area contributed by atoms with Crippen LogP contribution in [0, 0.1) is 27.7 Å². The number of rotatable bonds is 2. The molecule has 0 atom stereocenters. The first kappa shape index (κ1) is 22.9. The van der Waals surface area contributed by atoms with Crippen molar-refractivity contribution in [1.29, 1.82) is 0 Å². The van der Waals surface area contributed by atoms with Gasteiger partial charge >= 0.3 is 11.9 Å². The molecule has 2 aromatic carbocycles. The summed E-state index contributed by atoms with van der Waals surface area (Å²) in [4.78, 5) is 21.1. The summed E-state index contributed by atoms with van der Waals surface area (Å²) in [5, 5.41) is 35.9. The molecule has 6 nitrogen and oxygen atoms in total. The fraction of sp³-hybridized carbons (Fsp3) is 0.222. The maximum absolute atomic E-state index is 10.6. The number of carbonyl (C=O) groups is 2. The van der Waals surface area contributed by atoms with Gasteiger partial charge < -0.3 is 20.4 Å². The maximum Gasteiger partial charge on any atom is 0.339 e. The SMILES string of the molecule is Cc1cc(C)c(O)c(C(=O)O)c1.Cc1cc(C)c(O)c(C(=O)O)c1.[Zr]. The zero-order valence-electron chi connectivity index (χ0n) is 14.4. The van der Waals surface area contributed by atoms with E-state index in [9.17, 15) is 19.8 Å². The van der Waals surface area contributed by atoms with Crippen molar-refractivity contribution >= 4 is 11.9 Å². The van der Waals surface area contributed by atoms with E-state index >= 15 is 0 Å². The van der Waals surface area contributed by atoms with Gasteiger partial charge in [0.2, 0.25) is 0 Å². The molecular formula is C18H20O6Zr. The van der Waals surface area contributed by atoms with Gasteiger partial charge in [0.1, 0.15) is 22.6 Å². The summed E-state index contributed by atoms with van der Waals surface area (Å²) in [7, 11) is 0. The van der Waals surface area contributed by atoms with Gasteiger partial charge in [-0.1, -0.05) is 12.1 Å². The van der Waals surface area contributed by atoms with Crippen LogP contribution in [0.5, 0.6) is 11.5 Å². The normalized spacial score (nSPS) is 9.44. The zero-order chi connectivity index (χ0) is 18.6. The number of benzene rings is 2. The Hall–Kier alpha value is -2.14. The van der Waals surface area contributed by atoms with Crippen molar-refractivity contribution in [2.45, 2.75) is 27.7 Å². The molecule has 132 valence electrons. The number of carboxylic acids is 2. The molecular weight excluding hydrogens is 403 g/mol. The van der Waals surface area contributed by atoms with Crippen LogP contribution in [0.3, 0.4) is 0 Å². The fourth-order valence-electron chi connectivity index (χ4n) is 2.25. The third-order valence-electron chi connectivity index (χ3n) is 3.35. The van der Waals surface area contributed by atoms with Gasteiger partial charge in [0, 0.05) is 26.2 Å². The number of aromatic hydroxyl groups is 2. The van der Waals surface area contributed by atoms with Crippen LogP contribution in [-0.2, 0) is 26.2 Å².